The molecule has 0 radical (unpaired) electrons. The number of carbonyl (C=O) groups is 1. The third-order valence-corrected chi connectivity index (χ3v) is 5.25. The minimum absolute atomic E-state index is 0.0250. The highest BCUT2D eigenvalue weighted by Gasteiger charge is 2.19. The van der Waals surface area contributed by atoms with Gasteiger partial charge in [-0.2, -0.15) is 0 Å². The van der Waals surface area contributed by atoms with Crippen molar-refractivity contribution in [1.29, 1.82) is 0 Å². The number of oxime groups is 1. The number of hydrogen-bond donors (Lipinski definition) is 5. The highest BCUT2D eigenvalue weighted by Crippen LogP contribution is 2.17. The molecule has 0 saturated carbocycles. The Labute approximate surface area is 183 Å². The summed E-state index contributed by atoms with van der Waals surface area (Å²) in [7, 11) is -3.95. The number of aromatic nitrogens is 1. The Balaban J connectivity index is 2.12. The Kier molecular flexibility index (Phi) is 8.28. The number of amides is 1. The van der Waals surface area contributed by atoms with Crippen LogP contribution >= 0.6 is 11.6 Å². The first kappa shape index (κ1) is 24.0. The third-order valence-electron chi connectivity index (χ3n) is 3.79. The molecule has 0 aliphatic rings. The molecule has 1 amide bonds. The molecule has 0 spiro atoms. The van der Waals surface area contributed by atoms with Gasteiger partial charge in [-0.05, 0) is 41.4 Å². The van der Waals surface area contributed by atoms with Gasteiger partial charge in [0.1, 0.15) is 12.3 Å². The van der Waals surface area contributed by atoms with E-state index in [-0.39, 0.29) is 36.8 Å². The van der Waals surface area contributed by atoms with Gasteiger partial charge in [0.05, 0.1) is 18.7 Å². The first-order valence-corrected chi connectivity index (χ1v) is 11.0. The van der Waals surface area contributed by atoms with E-state index in [4.69, 9.17) is 27.9 Å². The number of benzene rings is 1. The topological polar surface area (TPSA) is 182 Å². The van der Waals surface area contributed by atoms with E-state index >= 15 is 0 Å². The molecule has 0 bridgehead atoms. The standard InChI is InChI=1S/C18H23ClN6O5S/c1-11-7-13(9-15(26)22-5-6-30-24-18(20)21)16(17(27)23-11)25-31(28,29)10-12-3-2-4-14(19)8-12/h2-4,7-8,25H,5-6,9-10H2,1H3,(H,22,26)(H,23,27)(H4,20,21,24). The Morgan fingerprint density at radius 1 is 1.29 bits per heavy atom. The maximum absolute atomic E-state index is 12.6. The van der Waals surface area contributed by atoms with Crippen LogP contribution in [0.1, 0.15) is 16.8 Å². The third kappa shape index (κ3) is 8.18. The normalized spacial score (nSPS) is 10.9. The SMILES string of the molecule is Cc1cc(CC(=O)NCCON=C(N)N)c(NS(=O)(=O)Cc2cccc(Cl)c2)c(=O)[nH]1. The van der Waals surface area contributed by atoms with Crippen molar-refractivity contribution in [2.75, 3.05) is 17.9 Å². The summed E-state index contributed by atoms with van der Waals surface area (Å²) >= 11 is 5.89. The molecule has 13 heteroatoms. The number of aryl methyl sites for hydroxylation is 1. The van der Waals surface area contributed by atoms with Gasteiger partial charge < -0.3 is 26.6 Å². The van der Waals surface area contributed by atoms with Crippen LogP contribution in [0.2, 0.25) is 5.02 Å². The molecule has 168 valence electrons. The van der Waals surface area contributed by atoms with Crippen LogP contribution in [0.4, 0.5) is 5.69 Å². The lowest BCUT2D eigenvalue weighted by atomic mass is 10.1. The number of carbonyl (C=O) groups excluding carboxylic acids is 1. The van der Waals surface area contributed by atoms with Crippen molar-refractivity contribution in [3.8, 4) is 0 Å². The van der Waals surface area contributed by atoms with Gasteiger partial charge in [0.25, 0.3) is 5.56 Å². The largest absolute Gasteiger partial charge is 0.391 e. The van der Waals surface area contributed by atoms with Crippen molar-refractivity contribution in [3.05, 3.63) is 62.5 Å². The molecule has 0 atom stereocenters. The van der Waals surface area contributed by atoms with E-state index in [2.05, 4.69) is 20.2 Å². The van der Waals surface area contributed by atoms with Gasteiger partial charge in [-0.1, -0.05) is 23.7 Å². The van der Waals surface area contributed by atoms with E-state index in [0.29, 0.717) is 16.3 Å². The van der Waals surface area contributed by atoms with Gasteiger partial charge in [-0.3, -0.25) is 14.3 Å². The van der Waals surface area contributed by atoms with Gasteiger partial charge in [0.2, 0.25) is 21.9 Å². The summed E-state index contributed by atoms with van der Waals surface area (Å²) in [5.74, 6) is -1.09. The summed E-state index contributed by atoms with van der Waals surface area (Å²) in [6, 6.07) is 7.88. The first-order chi connectivity index (χ1) is 14.6. The molecular formula is C18H23ClN6O5S. The molecule has 31 heavy (non-hydrogen) atoms. The molecule has 0 saturated heterocycles. The summed E-state index contributed by atoms with van der Waals surface area (Å²) in [6.45, 7) is 1.75. The lowest BCUT2D eigenvalue weighted by Crippen LogP contribution is -2.30. The van der Waals surface area contributed by atoms with Crippen LogP contribution in [0.5, 0.6) is 0 Å². The maximum Gasteiger partial charge on any atom is 0.272 e. The second-order valence-electron chi connectivity index (χ2n) is 6.55. The fourth-order valence-electron chi connectivity index (χ4n) is 2.64. The van der Waals surface area contributed by atoms with Gasteiger partial charge in [-0.25, -0.2) is 8.42 Å². The van der Waals surface area contributed by atoms with Gasteiger partial charge >= 0.3 is 0 Å². The molecule has 2 aromatic rings. The summed E-state index contributed by atoms with van der Waals surface area (Å²) in [4.78, 5) is 31.9. The van der Waals surface area contributed by atoms with Crippen molar-refractivity contribution < 1.29 is 18.0 Å². The molecule has 1 aromatic carbocycles. The molecular weight excluding hydrogens is 448 g/mol. The summed E-state index contributed by atoms with van der Waals surface area (Å²) in [6.07, 6.45) is -0.234. The number of rotatable bonds is 10. The zero-order valence-corrected chi connectivity index (χ0v) is 18.2. The van der Waals surface area contributed by atoms with Crippen LogP contribution < -0.4 is 27.1 Å². The molecule has 7 N–H and O–H groups in total. The smallest absolute Gasteiger partial charge is 0.272 e. The van der Waals surface area contributed by atoms with Crippen molar-refractivity contribution in [2.45, 2.75) is 19.1 Å². The number of anilines is 1. The van der Waals surface area contributed by atoms with E-state index in [0.717, 1.165) is 0 Å². The van der Waals surface area contributed by atoms with Crippen LogP contribution in [0.15, 0.2) is 40.3 Å². The number of nitrogens with two attached hydrogens (primary N) is 2. The summed E-state index contributed by atoms with van der Waals surface area (Å²) in [5, 5.41) is 6.27. The molecule has 0 aliphatic carbocycles. The van der Waals surface area contributed by atoms with Crippen molar-refractivity contribution in [2.24, 2.45) is 16.6 Å². The van der Waals surface area contributed by atoms with Gasteiger partial charge in [-0.15, -0.1) is 0 Å². The average Bonchev–Trinajstić information content (AvgIpc) is 2.63. The summed E-state index contributed by atoms with van der Waals surface area (Å²) < 4.78 is 27.5. The Bertz CT molecular complexity index is 1130. The average molecular weight is 471 g/mol. The predicted molar refractivity (Wildman–Crippen MR) is 118 cm³/mol. The molecule has 1 heterocycles. The molecule has 0 unspecified atom stereocenters. The lowest BCUT2D eigenvalue weighted by Gasteiger charge is -2.13. The molecule has 2 rings (SSSR count). The fraction of sp³-hybridized carbons (Fsp3) is 0.278. The van der Waals surface area contributed by atoms with Gasteiger partial charge in [0, 0.05) is 10.7 Å². The number of guanidine groups is 1. The van der Waals surface area contributed by atoms with E-state index in [1.807, 2.05) is 0 Å². The van der Waals surface area contributed by atoms with Crippen LogP contribution in [0, 0.1) is 6.92 Å². The number of nitrogens with one attached hydrogen (secondary N) is 3. The van der Waals surface area contributed by atoms with Gasteiger partial charge in [0.15, 0.2) is 0 Å². The van der Waals surface area contributed by atoms with E-state index in [9.17, 15) is 18.0 Å². The Hall–Kier alpha value is -3.25. The zero-order valence-electron chi connectivity index (χ0n) is 16.6. The van der Waals surface area contributed by atoms with E-state index < -0.39 is 27.2 Å². The fourth-order valence-corrected chi connectivity index (χ4v) is 4.08. The Morgan fingerprint density at radius 3 is 2.71 bits per heavy atom. The number of sulfonamides is 1. The van der Waals surface area contributed by atoms with E-state index in [1.165, 1.54) is 12.1 Å². The van der Waals surface area contributed by atoms with Crippen molar-refractivity contribution >= 4 is 39.2 Å². The number of hydrogen-bond acceptors (Lipinski definition) is 6. The molecule has 1 aromatic heterocycles. The molecule has 11 nitrogen and oxygen atoms in total. The van der Waals surface area contributed by atoms with Crippen molar-refractivity contribution in [1.82, 2.24) is 10.3 Å². The quantitative estimate of drug-likeness (QED) is 0.141. The number of halogens is 1. The number of H-pyrrole nitrogens is 1. The number of nitrogens with zero attached hydrogens (tertiary/aromatic N) is 1. The van der Waals surface area contributed by atoms with Crippen LogP contribution in [-0.2, 0) is 31.8 Å². The Morgan fingerprint density at radius 2 is 2.03 bits per heavy atom. The van der Waals surface area contributed by atoms with Crippen LogP contribution in [-0.4, -0.2) is 38.4 Å². The minimum Gasteiger partial charge on any atom is -0.391 e. The monoisotopic (exact) mass is 470 g/mol. The first-order valence-electron chi connectivity index (χ1n) is 9.01. The second-order valence-corrected chi connectivity index (χ2v) is 8.71. The maximum atomic E-state index is 12.6. The molecule has 0 aliphatic heterocycles. The molecule has 0 fully saturated rings. The number of pyridine rings is 1. The zero-order chi connectivity index (χ0) is 23.0. The van der Waals surface area contributed by atoms with Crippen molar-refractivity contribution in [3.63, 3.8) is 0 Å². The predicted octanol–water partition coefficient (Wildman–Crippen LogP) is 0.142. The number of aromatic amines is 1. The van der Waals surface area contributed by atoms with Crippen LogP contribution in [0.3, 0.4) is 0 Å². The highest BCUT2D eigenvalue weighted by molar-refractivity contribution is 7.91. The lowest BCUT2D eigenvalue weighted by molar-refractivity contribution is -0.120. The minimum atomic E-state index is -3.95. The van der Waals surface area contributed by atoms with E-state index in [1.54, 1.807) is 25.1 Å². The second kappa shape index (κ2) is 10.7. The van der Waals surface area contributed by atoms with Crippen LogP contribution in [0.25, 0.3) is 0 Å². The highest BCUT2D eigenvalue weighted by atomic mass is 35.5. The summed E-state index contributed by atoms with van der Waals surface area (Å²) in [5.41, 5.74) is 10.5.